The van der Waals surface area contributed by atoms with Crippen molar-refractivity contribution >= 4 is 22.9 Å². The fourth-order valence-electron chi connectivity index (χ4n) is 1.91. The first-order valence-corrected chi connectivity index (χ1v) is 6.63. The van der Waals surface area contributed by atoms with Crippen molar-refractivity contribution in [2.45, 2.75) is 19.4 Å². The van der Waals surface area contributed by atoms with Crippen molar-refractivity contribution in [1.29, 1.82) is 0 Å². The molecule has 0 saturated carbocycles. The summed E-state index contributed by atoms with van der Waals surface area (Å²) in [6.07, 6.45) is 0. The Morgan fingerprint density at radius 2 is 2.11 bits per heavy atom. The van der Waals surface area contributed by atoms with Crippen LogP contribution in [-0.4, -0.2) is 11.5 Å². The topological polar surface area (TPSA) is 38.3 Å². The fourth-order valence-corrected chi connectivity index (χ4v) is 2.63. The standard InChI is InChI=1S/C14H13NO2S/c1-14(2)13(16)15-10-8-9(5-6-11(10)17-14)12-4-3-7-18-12/h3-8H,1-2H3,(H,15,16). The van der Waals surface area contributed by atoms with E-state index in [1.54, 1.807) is 25.2 Å². The van der Waals surface area contributed by atoms with E-state index in [0.717, 1.165) is 17.0 Å². The molecule has 2 heterocycles. The molecule has 1 N–H and O–H groups in total. The van der Waals surface area contributed by atoms with Crippen LogP contribution in [0.1, 0.15) is 13.8 Å². The monoisotopic (exact) mass is 259 g/mol. The summed E-state index contributed by atoms with van der Waals surface area (Å²) in [5, 5.41) is 4.93. The predicted molar refractivity (Wildman–Crippen MR) is 73.1 cm³/mol. The van der Waals surface area contributed by atoms with E-state index in [9.17, 15) is 4.79 Å². The number of carbonyl (C=O) groups is 1. The molecule has 1 aliphatic rings. The minimum absolute atomic E-state index is 0.113. The lowest BCUT2D eigenvalue weighted by Gasteiger charge is -2.31. The first kappa shape index (κ1) is 11.3. The highest BCUT2D eigenvalue weighted by atomic mass is 32.1. The second-order valence-electron chi connectivity index (χ2n) is 4.75. The van der Waals surface area contributed by atoms with E-state index in [0.29, 0.717) is 0 Å². The molecule has 1 amide bonds. The number of amides is 1. The average molecular weight is 259 g/mol. The van der Waals surface area contributed by atoms with Crippen molar-refractivity contribution < 1.29 is 9.53 Å². The Morgan fingerprint density at radius 3 is 2.83 bits per heavy atom. The molecule has 0 radical (unpaired) electrons. The first-order chi connectivity index (χ1) is 8.56. The summed E-state index contributed by atoms with van der Waals surface area (Å²) in [5.41, 5.74) is 1.02. The molecule has 1 aromatic carbocycles. The lowest BCUT2D eigenvalue weighted by molar-refractivity contribution is -0.129. The second-order valence-corrected chi connectivity index (χ2v) is 5.70. The number of hydrogen-bond donors (Lipinski definition) is 1. The Morgan fingerprint density at radius 1 is 1.28 bits per heavy atom. The van der Waals surface area contributed by atoms with Gasteiger partial charge in [-0.3, -0.25) is 4.79 Å². The number of nitrogens with one attached hydrogen (secondary N) is 1. The maximum atomic E-state index is 11.8. The summed E-state index contributed by atoms with van der Waals surface area (Å²) in [7, 11) is 0. The maximum Gasteiger partial charge on any atom is 0.268 e. The first-order valence-electron chi connectivity index (χ1n) is 5.75. The smallest absolute Gasteiger partial charge is 0.268 e. The molecule has 1 aromatic heterocycles. The molecule has 0 spiro atoms. The van der Waals surface area contributed by atoms with Crippen LogP contribution in [-0.2, 0) is 4.79 Å². The van der Waals surface area contributed by atoms with Crippen molar-refractivity contribution in [2.75, 3.05) is 5.32 Å². The number of benzene rings is 1. The van der Waals surface area contributed by atoms with Crippen LogP contribution in [0.3, 0.4) is 0 Å². The largest absolute Gasteiger partial charge is 0.476 e. The van der Waals surface area contributed by atoms with E-state index in [1.807, 2.05) is 29.6 Å². The van der Waals surface area contributed by atoms with Crippen LogP contribution in [0.4, 0.5) is 5.69 Å². The average Bonchev–Trinajstić information content (AvgIpc) is 2.83. The third kappa shape index (κ3) is 1.78. The zero-order valence-electron chi connectivity index (χ0n) is 10.2. The molecule has 18 heavy (non-hydrogen) atoms. The fraction of sp³-hybridized carbons (Fsp3) is 0.214. The number of rotatable bonds is 1. The zero-order chi connectivity index (χ0) is 12.8. The van der Waals surface area contributed by atoms with Crippen LogP contribution in [0.2, 0.25) is 0 Å². The highest BCUT2D eigenvalue weighted by molar-refractivity contribution is 7.13. The Bertz CT molecular complexity index is 602. The molecule has 2 aromatic rings. The van der Waals surface area contributed by atoms with Crippen molar-refractivity contribution in [3.05, 3.63) is 35.7 Å². The highest BCUT2D eigenvalue weighted by Crippen LogP contribution is 2.37. The number of ether oxygens (including phenoxy) is 1. The molecular formula is C14H13NO2S. The number of carbonyl (C=O) groups excluding carboxylic acids is 1. The summed E-state index contributed by atoms with van der Waals surface area (Å²) in [4.78, 5) is 13.0. The van der Waals surface area contributed by atoms with E-state index in [1.165, 1.54) is 4.88 Å². The Kier molecular flexibility index (Phi) is 2.41. The molecule has 0 unspecified atom stereocenters. The predicted octanol–water partition coefficient (Wildman–Crippen LogP) is 3.52. The Balaban J connectivity index is 2.03. The van der Waals surface area contributed by atoms with Crippen molar-refractivity contribution in [2.24, 2.45) is 0 Å². The van der Waals surface area contributed by atoms with Gasteiger partial charge in [0.15, 0.2) is 5.60 Å². The van der Waals surface area contributed by atoms with Gasteiger partial charge >= 0.3 is 0 Å². The molecule has 0 aliphatic carbocycles. The third-order valence-corrected chi connectivity index (χ3v) is 3.86. The van der Waals surface area contributed by atoms with Crippen molar-refractivity contribution in [3.63, 3.8) is 0 Å². The van der Waals surface area contributed by atoms with E-state index in [2.05, 4.69) is 11.4 Å². The lowest BCUT2D eigenvalue weighted by Crippen LogP contribution is -2.45. The third-order valence-electron chi connectivity index (χ3n) is 2.95. The molecule has 92 valence electrons. The van der Waals surface area contributed by atoms with E-state index in [-0.39, 0.29) is 5.91 Å². The molecule has 3 rings (SSSR count). The quantitative estimate of drug-likeness (QED) is 0.851. The summed E-state index contributed by atoms with van der Waals surface area (Å²) in [6.45, 7) is 3.52. The summed E-state index contributed by atoms with van der Waals surface area (Å²) >= 11 is 1.67. The molecule has 0 saturated heterocycles. The second kappa shape index (κ2) is 3.85. The van der Waals surface area contributed by atoms with E-state index in [4.69, 9.17) is 4.74 Å². The van der Waals surface area contributed by atoms with E-state index >= 15 is 0 Å². The van der Waals surface area contributed by atoms with Gasteiger partial charge in [-0.1, -0.05) is 6.07 Å². The van der Waals surface area contributed by atoms with Crippen LogP contribution >= 0.6 is 11.3 Å². The van der Waals surface area contributed by atoms with Crippen molar-refractivity contribution in [1.82, 2.24) is 0 Å². The number of anilines is 1. The Labute approximate surface area is 109 Å². The molecular weight excluding hydrogens is 246 g/mol. The number of fused-ring (bicyclic) bond motifs is 1. The van der Waals surface area contributed by atoms with Gasteiger partial charge in [-0.05, 0) is 49.1 Å². The molecule has 4 heteroatoms. The number of thiophene rings is 1. The molecule has 0 bridgehead atoms. The van der Waals surface area contributed by atoms with Crippen LogP contribution in [0.15, 0.2) is 35.7 Å². The van der Waals surface area contributed by atoms with Gasteiger partial charge in [0.2, 0.25) is 0 Å². The van der Waals surface area contributed by atoms with Gasteiger partial charge in [0.05, 0.1) is 5.69 Å². The van der Waals surface area contributed by atoms with Gasteiger partial charge in [-0.25, -0.2) is 0 Å². The normalized spacial score (nSPS) is 16.7. The number of hydrogen-bond acceptors (Lipinski definition) is 3. The Hall–Kier alpha value is -1.81. The SMILES string of the molecule is CC1(C)Oc2ccc(-c3cccs3)cc2NC1=O. The molecule has 3 nitrogen and oxygen atoms in total. The lowest BCUT2D eigenvalue weighted by atomic mass is 10.0. The van der Waals surface area contributed by atoms with Gasteiger partial charge in [0, 0.05) is 4.88 Å². The zero-order valence-corrected chi connectivity index (χ0v) is 11.0. The van der Waals surface area contributed by atoms with Crippen LogP contribution < -0.4 is 10.1 Å². The minimum Gasteiger partial charge on any atom is -0.476 e. The molecule has 0 atom stereocenters. The summed E-state index contributed by atoms with van der Waals surface area (Å²) < 4.78 is 5.70. The van der Waals surface area contributed by atoms with Gasteiger partial charge in [-0.15, -0.1) is 11.3 Å². The molecule has 0 fully saturated rings. The van der Waals surface area contributed by atoms with Gasteiger partial charge in [0.1, 0.15) is 5.75 Å². The highest BCUT2D eigenvalue weighted by Gasteiger charge is 2.35. The van der Waals surface area contributed by atoms with Gasteiger partial charge in [0.25, 0.3) is 5.91 Å². The molecule has 1 aliphatic heterocycles. The summed E-state index contributed by atoms with van der Waals surface area (Å²) in [5.74, 6) is 0.609. The van der Waals surface area contributed by atoms with Crippen LogP contribution in [0.5, 0.6) is 5.75 Å². The van der Waals surface area contributed by atoms with E-state index < -0.39 is 5.60 Å². The minimum atomic E-state index is -0.808. The maximum absolute atomic E-state index is 11.8. The van der Waals surface area contributed by atoms with Crippen molar-refractivity contribution in [3.8, 4) is 16.2 Å². The van der Waals surface area contributed by atoms with Crippen LogP contribution in [0, 0.1) is 0 Å². The van der Waals surface area contributed by atoms with Gasteiger partial charge < -0.3 is 10.1 Å². The van der Waals surface area contributed by atoms with Crippen LogP contribution in [0.25, 0.3) is 10.4 Å². The van der Waals surface area contributed by atoms with Gasteiger partial charge in [-0.2, -0.15) is 0 Å². The summed E-state index contributed by atoms with van der Waals surface area (Å²) in [6, 6.07) is 9.94.